The highest BCUT2D eigenvalue weighted by atomic mass is 32.1. The Hall–Kier alpha value is -8.24. The lowest BCUT2D eigenvalue weighted by Crippen LogP contribution is -2.24. The fourth-order valence-electron chi connectivity index (χ4n) is 12.9. The van der Waals surface area contributed by atoms with Crippen LogP contribution in [0.3, 0.4) is 0 Å². The van der Waals surface area contributed by atoms with E-state index in [0.717, 1.165) is 34.0 Å². The summed E-state index contributed by atoms with van der Waals surface area (Å²) in [6.07, 6.45) is 9.31. The Morgan fingerprint density at radius 3 is 1.88 bits per heavy atom. The molecule has 0 fully saturated rings. The molecule has 350 valence electrons. The molecule has 0 amide bonds. The van der Waals surface area contributed by atoms with E-state index in [1.165, 1.54) is 86.7 Å². The third-order valence-electron chi connectivity index (χ3n) is 16.5. The van der Waals surface area contributed by atoms with Crippen LogP contribution >= 0.6 is 11.3 Å². The van der Waals surface area contributed by atoms with Gasteiger partial charge < -0.3 is 9.80 Å². The Morgan fingerprint density at radius 1 is 0.411 bits per heavy atom. The summed E-state index contributed by atoms with van der Waals surface area (Å²) in [7, 11) is 0. The Labute approximate surface area is 432 Å². The summed E-state index contributed by atoms with van der Waals surface area (Å²) in [6.45, 7) is 9.71. The first-order chi connectivity index (χ1) is 35.7. The number of allylic oxidation sites excluding steroid dienone is 4. The molecule has 1 heterocycles. The van der Waals surface area contributed by atoms with E-state index in [1.54, 1.807) is 0 Å². The summed E-state index contributed by atoms with van der Waals surface area (Å²) in [4.78, 5) is 5.00. The van der Waals surface area contributed by atoms with Crippen molar-refractivity contribution in [2.45, 2.75) is 44.4 Å². The zero-order valence-corrected chi connectivity index (χ0v) is 42.4. The highest BCUT2D eigenvalue weighted by Crippen LogP contribution is 2.56. The standard InChI is InChI=1S/C70H54N2S/c1-69(2)62-27-15-13-24-56(62)57-39-36-52(44-64(57)69)72(65-28-17-26-61-59-25-14-16-29-66(59)73-68(61)65)54-41-49(48-33-37-58-60-38-32-47-20-11-12-23-55(47)67(60)70(3,4)63(58)42-48)40-53(43-54)71(50-21-9-6-10-22-50)51-34-30-46(31-35-51)45-18-7-5-8-19-45/h5-44,56,62H,1-4H3. The Balaban J connectivity index is 1.03. The van der Waals surface area contributed by atoms with Gasteiger partial charge in [0.1, 0.15) is 0 Å². The van der Waals surface area contributed by atoms with Crippen molar-refractivity contribution in [3.05, 3.63) is 265 Å². The maximum atomic E-state index is 2.57. The number of para-hydroxylation sites is 1. The molecule has 0 saturated carbocycles. The van der Waals surface area contributed by atoms with Crippen LogP contribution in [0.1, 0.15) is 55.9 Å². The molecule has 3 aliphatic rings. The third kappa shape index (κ3) is 6.90. The highest BCUT2D eigenvalue weighted by molar-refractivity contribution is 7.26. The average molecular weight is 955 g/mol. The van der Waals surface area contributed by atoms with Crippen molar-refractivity contribution in [3.8, 4) is 33.4 Å². The van der Waals surface area contributed by atoms with Gasteiger partial charge >= 0.3 is 0 Å². The van der Waals surface area contributed by atoms with Crippen LogP contribution in [-0.4, -0.2) is 0 Å². The summed E-state index contributed by atoms with van der Waals surface area (Å²) < 4.78 is 2.57. The van der Waals surface area contributed by atoms with Gasteiger partial charge in [0.2, 0.25) is 0 Å². The molecule has 0 aliphatic heterocycles. The van der Waals surface area contributed by atoms with Crippen molar-refractivity contribution in [1.82, 2.24) is 0 Å². The summed E-state index contributed by atoms with van der Waals surface area (Å²) in [5, 5.41) is 5.19. The second kappa shape index (κ2) is 16.7. The number of thiophene rings is 1. The maximum absolute atomic E-state index is 2.57. The van der Waals surface area contributed by atoms with Crippen LogP contribution in [0.2, 0.25) is 0 Å². The topological polar surface area (TPSA) is 6.48 Å². The van der Waals surface area contributed by atoms with Crippen molar-refractivity contribution in [1.29, 1.82) is 0 Å². The minimum atomic E-state index is -0.208. The first-order valence-corrected chi connectivity index (χ1v) is 26.6. The molecule has 0 saturated heterocycles. The van der Waals surface area contributed by atoms with E-state index in [0.29, 0.717) is 11.8 Å². The van der Waals surface area contributed by atoms with Gasteiger partial charge in [-0.2, -0.15) is 0 Å². The van der Waals surface area contributed by atoms with Crippen LogP contribution in [0.25, 0.3) is 64.3 Å². The van der Waals surface area contributed by atoms with Crippen LogP contribution < -0.4 is 9.80 Å². The molecule has 0 bridgehead atoms. The summed E-state index contributed by atoms with van der Waals surface area (Å²) in [5.74, 6) is 0.761. The molecule has 11 aromatic rings. The van der Waals surface area contributed by atoms with E-state index in [-0.39, 0.29) is 10.8 Å². The van der Waals surface area contributed by atoms with Gasteiger partial charge in [0, 0.05) is 55.2 Å². The zero-order chi connectivity index (χ0) is 49.0. The van der Waals surface area contributed by atoms with E-state index in [2.05, 4.69) is 280 Å². The lowest BCUT2D eigenvalue weighted by Gasteiger charge is -2.32. The second-order valence-corrected chi connectivity index (χ2v) is 22.4. The monoisotopic (exact) mass is 954 g/mol. The van der Waals surface area contributed by atoms with Gasteiger partial charge in [0.05, 0.1) is 10.4 Å². The van der Waals surface area contributed by atoms with E-state index < -0.39 is 0 Å². The second-order valence-electron chi connectivity index (χ2n) is 21.3. The smallest absolute Gasteiger partial charge is 0.0640 e. The number of benzene rings is 10. The fraction of sp³-hybridized carbons (Fsp3) is 0.114. The number of hydrogen-bond donors (Lipinski definition) is 0. The lowest BCUT2D eigenvalue weighted by molar-refractivity contribution is 0.394. The Bertz CT molecular complexity index is 4040. The number of anilines is 6. The number of rotatable bonds is 8. The van der Waals surface area contributed by atoms with Crippen LogP contribution in [0.15, 0.2) is 243 Å². The van der Waals surface area contributed by atoms with Crippen molar-refractivity contribution in [2.24, 2.45) is 5.92 Å². The van der Waals surface area contributed by atoms with Gasteiger partial charge in [-0.05, 0) is 151 Å². The molecule has 3 heteroatoms. The minimum Gasteiger partial charge on any atom is -0.310 e. The van der Waals surface area contributed by atoms with Crippen molar-refractivity contribution >= 4 is 76.4 Å². The third-order valence-corrected chi connectivity index (χ3v) is 17.7. The predicted octanol–water partition coefficient (Wildman–Crippen LogP) is 19.9. The molecule has 2 unspecified atom stereocenters. The molecule has 14 rings (SSSR count). The van der Waals surface area contributed by atoms with E-state index in [4.69, 9.17) is 0 Å². The molecule has 3 aliphatic carbocycles. The molecule has 0 radical (unpaired) electrons. The Kier molecular flexibility index (Phi) is 9.94. The van der Waals surface area contributed by atoms with Crippen molar-refractivity contribution in [3.63, 3.8) is 0 Å². The number of fused-ring (bicyclic) bond motifs is 11. The molecule has 1 aromatic heterocycles. The average Bonchev–Trinajstić information content (AvgIpc) is 4.01. The first-order valence-electron chi connectivity index (χ1n) is 25.7. The van der Waals surface area contributed by atoms with Gasteiger partial charge in [-0.1, -0.05) is 198 Å². The van der Waals surface area contributed by atoms with Crippen LogP contribution in [0.5, 0.6) is 0 Å². The van der Waals surface area contributed by atoms with E-state index >= 15 is 0 Å². The highest BCUT2D eigenvalue weighted by Gasteiger charge is 2.45. The lowest BCUT2D eigenvalue weighted by atomic mass is 9.74. The van der Waals surface area contributed by atoms with Crippen molar-refractivity contribution in [2.75, 3.05) is 9.80 Å². The van der Waals surface area contributed by atoms with Crippen LogP contribution in [0.4, 0.5) is 34.1 Å². The summed E-state index contributed by atoms with van der Waals surface area (Å²) in [6, 6.07) is 81.8. The predicted molar refractivity (Wildman–Crippen MR) is 312 cm³/mol. The first kappa shape index (κ1) is 43.5. The molecule has 2 nitrogen and oxygen atoms in total. The van der Waals surface area contributed by atoms with Crippen LogP contribution in [0, 0.1) is 5.92 Å². The fourth-order valence-corrected chi connectivity index (χ4v) is 14.1. The van der Waals surface area contributed by atoms with Crippen molar-refractivity contribution < 1.29 is 0 Å². The quantitative estimate of drug-likeness (QED) is 0.150. The van der Waals surface area contributed by atoms with Crippen LogP contribution in [-0.2, 0) is 10.8 Å². The van der Waals surface area contributed by atoms with Gasteiger partial charge in [-0.15, -0.1) is 11.3 Å². The largest absolute Gasteiger partial charge is 0.310 e. The van der Waals surface area contributed by atoms with Gasteiger partial charge in [-0.25, -0.2) is 0 Å². The Morgan fingerprint density at radius 2 is 1.05 bits per heavy atom. The SMILES string of the molecule is CC1(C)c2cc(-c3cc(N(c4ccccc4)c4ccc(-c5ccccc5)cc4)cc(N(c4ccc5c(c4)C(C)(C)C4C=CC=CC54)c4cccc5c4sc4ccccc45)c3)ccc2-c2ccc3ccccc3c21. The summed E-state index contributed by atoms with van der Waals surface area (Å²) >= 11 is 1.89. The van der Waals surface area contributed by atoms with Gasteiger partial charge in [0.25, 0.3) is 0 Å². The number of nitrogens with zero attached hydrogens (tertiary/aromatic N) is 2. The molecule has 0 N–H and O–H groups in total. The maximum Gasteiger partial charge on any atom is 0.0640 e. The molecular formula is C70H54N2S. The normalized spacial score (nSPS) is 16.6. The van der Waals surface area contributed by atoms with E-state index in [1.807, 2.05) is 11.3 Å². The molecule has 2 atom stereocenters. The minimum absolute atomic E-state index is 0.0598. The number of hydrogen-bond acceptors (Lipinski definition) is 3. The van der Waals surface area contributed by atoms with E-state index in [9.17, 15) is 0 Å². The molecular weight excluding hydrogens is 901 g/mol. The van der Waals surface area contributed by atoms with Gasteiger partial charge in [-0.3, -0.25) is 0 Å². The molecule has 0 spiro atoms. The summed E-state index contributed by atoms with van der Waals surface area (Å²) in [5.41, 5.74) is 19.4. The molecule has 73 heavy (non-hydrogen) atoms. The van der Waals surface area contributed by atoms with Gasteiger partial charge in [0.15, 0.2) is 0 Å². The molecule has 10 aromatic carbocycles. The zero-order valence-electron chi connectivity index (χ0n) is 41.6.